The van der Waals surface area contributed by atoms with E-state index in [1.165, 1.54) is 24.0 Å². The molecule has 0 bridgehead atoms. The summed E-state index contributed by atoms with van der Waals surface area (Å²) in [6, 6.07) is 9.12. The number of hydrogen-bond acceptors (Lipinski definition) is 2. The van der Waals surface area contributed by atoms with Crippen LogP contribution in [0.5, 0.6) is 0 Å². The summed E-state index contributed by atoms with van der Waals surface area (Å²) in [6.45, 7) is 9.00. The van der Waals surface area contributed by atoms with E-state index in [0.717, 1.165) is 19.5 Å². The molecule has 2 heteroatoms. The topological polar surface area (TPSA) is 29.3 Å². The fourth-order valence-corrected chi connectivity index (χ4v) is 3.33. The van der Waals surface area contributed by atoms with Crippen LogP contribution in [0.25, 0.3) is 0 Å². The van der Waals surface area contributed by atoms with Crippen LogP contribution < -0.4 is 5.73 Å². The largest absolute Gasteiger partial charge is 0.320 e. The molecule has 18 heavy (non-hydrogen) atoms. The molecule has 2 rings (SSSR count). The molecule has 0 amide bonds. The molecular formula is C16H26N2. The van der Waals surface area contributed by atoms with Gasteiger partial charge in [0, 0.05) is 6.04 Å². The second-order valence-corrected chi connectivity index (χ2v) is 5.70. The number of rotatable bonds is 5. The molecular weight excluding hydrogens is 220 g/mol. The monoisotopic (exact) mass is 246 g/mol. The molecule has 1 aliphatic carbocycles. The SMILES string of the molecule is CCCN(CCC)C1Cc2ccccc2C1(C)N. The van der Waals surface area contributed by atoms with E-state index in [0.29, 0.717) is 6.04 Å². The lowest BCUT2D eigenvalue weighted by Gasteiger charge is -2.37. The summed E-state index contributed by atoms with van der Waals surface area (Å²) in [7, 11) is 0. The molecule has 1 aliphatic rings. The number of benzene rings is 1. The van der Waals surface area contributed by atoms with Gasteiger partial charge in [-0.3, -0.25) is 4.90 Å². The highest BCUT2D eigenvalue weighted by Crippen LogP contribution is 2.37. The normalized spacial score (nSPS) is 26.6. The van der Waals surface area contributed by atoms with Gasteiger partial charge in [0.05, 0.1) is 5.54 Å². The fraction of sp³-hybridized carbons (Fsp3) is 0.625. The van der Waals surface area contributed by atoms with Crippen LogP contribution in [0.4, 0.5) is 0 Å². The Labute approximate surface area is 111 Å². The van der Waals surface area contributed by atoms with Crippen LogP contribution in [0.15, 0.2) is 24.3 Å². The third kappa shape index (κ3) is 2.32. The first kappa shape index (κ1) is 13.6. The lowest BCUT2D eigenvalue weighted by molar-refractivity contribution is 0.139. The van der Waals surface area contributed by atoms with Crippen molar-refractivity contribution >= 4 is 0 Å². The molecule has 1 aromatic rings. The molecule has 2 N–H and O–H groups in total. The molecule has 0 spiro atoms. The minimum absolute atomic E-state index is 0.207. The van der Waals surface area contributed by atoms with Gasteiger partial charge < -0.3 is 5.73 Å². The zero-order valence-electron chi connectivity index (χ0n) is 11.9. The van der Waals surface area contributed by atoms with Crippen LogP contribution in [-0.4, -0.2) is 24.0 Å². The molecule has 0 fully saturated rings. The summed E-state index contributed by atoms with van der Waals surface area (Å²) >= 11 is 0. The van der Waals surface area contributed by atoms with Crippen LogP contribution in [-0.2, 0) is 12.0 Å². The maximum absolute atomic E-state index is 6.65. The molecule has 2 nitrogen and oxygen atoms in total. The van der Waals surface area contributed by atoms with Gasteiger partial charge in [0.1, 0.15) is 0 Å². The standard InChI is InChI=1S/C16H26N2/c1-4-10-18(11-5-2)15-12-13-8-6-7-9-14(13)16(15,3)17/h6-9,15H,4-5,10-12,17H2,1-3H3. The highest BCUT2D eigenvalue weighted by atomic mass is 15.2. The summed E-state index contributed by atoms with van der Waals surface area (Å²) in [5.74, 6) is 0. The third-order valence-corrected chi connectivity index (χ3v) is 4.17. The summed E-state index contributed by atoms with van der Waals surface area (Å²) in [4.78, 5) is 2.58. The molecule has 100 valence electrons. The Morgan fingerprint density at radius 1 is 1.22 bits per heavy atom. The van der Waals surface area contributed by atoms with E-state index in [9.17, 15) is 0 Å². The van der Waals surface area contributed by atoms with E-state index in [-0.39, 0.29) is 5.54 Å². The first-order valence-corrected chi connectivity index (χ1v) is 7.22. The van der Waals surface area contributed by atoms with Crippen molar-refractivity contribution in [2.75, 3.05) is 13.1 Å². The van der Waals surface area contributed by atoms with Crippen LogP contribution in [0.2, 0.25) is 0 Å². The van der Waals surface area contributed by atoms with Crippen LogP contribution in [0, 0.1) is 0 Å². The molecule has 1 aromatic carbocycles. The Morgan fingerprint density at radius 2 is 1.83 bits per heavy atom. The van der Waals surface area contributed by atoms with Crippen molar-refractivity contribution in [3.05, 3.63) is 35.4 Å². The van der Waals surface area contributed by atoms with Gasteiger partial charge in [0.15, 0.2) is 0 Å². The van der Waals surface area contributed by atoms with Gasteiger partial charge in [-0.1, -0.05) is 38.1 Å². The number of nitrogens with two attached hydrogens (primary N) is 1. The van der Waals surface area contributed by atoms with Crippen molar-refractivity contribution in [3.8, 4) is 0 Å². The Kier molecular flexibility index (Phi) is 4.08. The highest BCUT2D eigenvalue weighted by Gasteiger charge is 2.42. The average molecular weight is 246 g/mol. The molecule has 0 heterocycles. The van der Waals surface area contributed by atoms with Crippen molar-refractivity contribution in [3.63, 3.8) is 0 Å². The summed E-state index contributed by atoms with van der Waals surface area (Å²) in [5, 5.41) is 0. The second kappa shape index (κ2) is 5.41. The van der Waals surface area contributed by atoms with E-state index in [1.54, 1.807) is 0 Å². The van der Waals surface area contributed by atoms with Gasteiger partial charge in [-0.2, -0.15) is 0 Å². The fourth-order valence-electron chi connectivity index (χ4n) is 3.33. The molecule has 0 saturated carbocycles. The molecule has 2 unspecified atom stereocenters. The first-order valence-electron chi connectivity index (χ1n) is 7.22. The molecule has 0 aliphatic heterocycles. The molecule has 0 radical (unpaired) electrons. The number of nitrogens with zero attached hydrogens (tertiary/aromatic N) is 1. The second-order valence-electron chi connectivity index (χ2n) is 5.70. The molecule has 2 atom stereocenters. The van der Waals surface area contributed by atoms with Gasteiger partial charge in [0.2, 0.25) is 0 Å². The average Bonchev–Trinajstić information content (AvgIpc) is 2.62. The number of hydrogen-bond donors (Lipinski definition) is 1. The minimum Gasteiger partial charge on any atom is -0.320 e. The van der Waals surface area contributed by atoms with Gasteiger partial charge >= 0.3 is 0 Å². The Hall–Kier alpha value is -0.860. The maximum atomic E-state index is 6.65. The summed E-state index contributed by atoms with van der Waals surface area (Å²) in [6.07, 6.45) is 3.50. The maximum Gasteiger partial charge on any atom is 0.0544 e. The van der Waals surface area contributed by atoms with Crippen LogP contribution in [0.1, 0.15) is 44.7 Å². The van der Waals surface area contributed by atoms with Crippen LogP contribution >= 0.6 is 0 Å². The van der Waals surface area contributed by atoms with E-state index in [4.69, 9.17) is 5.73 Å². The lowest BCUT2D eigenvalue weighted by atomic mass is 9.90. The Balaban J connectivity index is 2.26. The van der Waals surface area contributed by atoms with Crippen molar-refractivity contribution in [1.82, 2.24) is 4.90 Å². The quantitative estimate of drug-likeness (QED) is 0.865. The van der Waals surface area contributed by atoms with E-state index >= 15 is 0 Å². The highest BCUT2D eigenvalue weighted by molar-refractivity contribution is 5.40. The molecule has 0 aromatic heterocycles. The summed E-state index contributed by atoms with van der Waals surface area (Å²) in [5.41, 5.74) is 9.22. The van der Waals surface area contributed by atoms with Crippen molar-refractivity contribution in [2.45, 2.75) is 51.6 Å². The van der Waals surface area contributed by atoms with Crippen molar-refractivity contribution in [1.29, 1.82) is 0 Å². The van der Waals surface area contributed by atoms with Crippen molar-refractivity contribution in [2.24, 2.45) is 5.73 Å². The Bertz CT molecular complexity index is 392. The van der Waals surface area contributed by atoms with E-state index < -0.39 is 0 Å². The van der Waals surface area contributed by atoms with Gasteiger partial charge in [-0.05, 0) is 50.4 Å². The Morgan fingerprint density at radius 3 is 2.39 bits per heavy atom. The summed E-state index contributed by atoms with van der Waals surface area (Å²) < 4.78 is 0. The van der Waals surface area contributed by atoms with Crippen LogP contribution in [0.3, 0.4) is 0 Å². The van der Waals surface area contributed by atoms with E-state index in [2.05, 4.69) is 49.9 Å². The zero-order chi connectivity index (χ0) is 13.2. The van der Waals surface area contributed by atoms with E-state index in [1.807, 2.05) is 0 Å². The third-order valence-electron chi connectivity index (χ3n) is 4.17. The predicted molar refractivity (Wildman–Crippen MR) is 77.6 cm³/mol. The lowest BCUT2D eigenvalue weighted by Crippen LogP contribution is -2.52. The minimum atomic E-state index is -0.207. The van der Waals surface area contributed by atoms with Gasteiger partial charge in [-0.25, -0.2) is 0 Å². The van der Waals surface area contributed by atoms with Crippen molar-refractivity contribution < 1.29 is 0 Å². The smallest absolute Gasteiger partial charge is 0.0544 e. The number of fused-ring (bicyclic) bond motifs is 1. The first-order chi connectivity index (χ1) is 8.61. The zero-order valence-corrected chi connectivity index (χ0v) is 11.9. The predicted octanol–water partition coefficient (Wildman–Crippen LogP) is 2.91. The molecule has 0 saturated heterocycles. The van der Waals surface area contributed by atoms with Gasteiger partial charge in [0.25, 0.3) is 0 Å². The van der Waals surface area contributed by atoms with Gasteiger partial charge in [-0.15, -0.1) is 0 Å².